The number of thiophene rings is 1. The predicted octanol–water partition coefficient (Wildman–Crippen LogP) is 11.0. The molecule has 0 saturated heterocycles. The lowest BCUT2D eigenvalue weighted by atomic mass is 9.82. The van der Waals surface area contributed by atoms with E-state index >= 15 is 0 Å². The van der Waals surface area contributed by atoms with Gasteiger partial charge in [-0.3, -0.25) is 4.57 Å². The Balaban J connectivity index is 1.20. The molecule has 0 amide bonds. The van der Waals surface area contributed by atoms with E-state index in [4.69, 9.17) is 11.5 Å². The minimum Gasteiger partial charge on any atom is -0.398 e. The molecular formula is C51H37N3S. The number of rotatable bonds is 3. The van der Waals surface area contributed by atoms with E-state index in [-0.39, 0.29) is 5.41 Å². The summed E-state index contributed by atoms with van der Waals surface area (Å²) in [5.41, 5.74) is 26.0. The first kappa shape index (κ1) is 31.9. The minimum atomic E-state index is -0.127. The molecular weight excluding hydrogens is 687 g/mol. The molecule has 0 bridgehead atoms. The van der Waals surface area contributed by atoms with Gasteiger partial charge in [0.2, 0.25) is 0 Å². The summed E-state index contributed by atoms with van der Waals surface area (Å²) in [4.78, 5) is 0. The maximum Gasteiger partial charge on any atom is 0.116 e. The molecule has 3 nitrogen and oxygen atoms in total. The van der Waals surface area contributed by atoms with Gasteiger partial charge in [0.05, 0.1) is 11.0 Å². The first-order valence-electron chi connectivity index (χ1n) is 18.8. The van der Waals surface area contributed by atoms with Crippen LogP contribution in [0.3, 0.4) is 0 Å². The zero-order chi connectivity index (χ0) is 37.0. The molecule has 262 valence electrons. The monoisotopic (exact) mass is 723 g/mol. The summed E-state index contributed by atoms with van der Waals surface area (Å²) in [5, 5.41) is 9.10. The number of hydrogen-bond acceptors (Lipinski definition) is 3. The van der Waals surface area contributed by atoms with Crippen molar-refractivity contribution in [3.8, 4) is 22.3 Å². The first-order chi connectivity index (χ1) is 26.9. The third-order valence-corrected chi connectivity index (χ3v) is 13.1. The second kappa shape index (κ2) is 11.7. The van der Waals surface area contributed by atoms with Crippen molar-refractivity contribution in [1.29, 1.82) is 0 Å². The van der Waals surface area contributed by atoms with Crippen LogP contribution in [0.25, 0.3) is 86.5 Å². The van der Waals surface area contributed by atoms with Crippen molar-refractivity contribution in [2.45, 2.75) is 19.3 Å². The fourth-order valence-corrected chi connectivity index (χ4v) is 10.4. The number of benzene rings is 8. The third kappa shape index (κ3) is 4.62. The van der Waals surface area contributed by atoms with E-state index in [1.165, 1.54) is 58.8 Å². The van der Waals surface area contributed by atoms with Gasteiger partial charge in [0, 0.05) is 58.1 Å². The average Bonchev–Trinajstić information content (AvgIpc) is 3.84. The van der Waals surface area contributed by atoms with Gasteiger partial charge >= 0.3 is 0 Å². The molecule has 4 N–H and O–H groups in total. The molecule has 1 aliphatic rings. The van der Waals surface area contributed by atoms with Gasteiger partial charge in [-0.25, -0.2) is 0 Å². The van der Waals surface area contributed by atoms with Crippen LogP contribution in [0.5, 0.6) is 0 Å². The van der Waals surface area contributed by atoms with E-state index in [0.717, 1.165) is 43.4 Å². The molecule has 0 spiro atoms. The van der Waals surface area contributed by atoms with E-state index in [0.29, 0.717) is 11.5 Å². The Kier molecular flexibility index (Phi) is 6.77. The summed E-state index contributed by atoms with van der Waals surface area (Å²) in [6.07, 6.45) is 0. The van der Waals surface area contributed by atoms with Gasteiger partial charge in [0.15, 0.2) is 0 Å². The van der Waals surface area contributed by atoms with E-state index in [9.17, 15) is 0 Å². The lowest BCUT2D eigenvalue weighted by molar-refractivity contribution is 0.660. The highest BCUT2D eigenvalue weighted by Gasteiger charge is 2.36. The van der Waals surface area contributed by atoms with Gasteiger partial charge in [0.25, 0.3) is 0 Å². The lowest BCUT2D eigenvalue weighted by Crippen LogP contribution is -2.35. The number of nitrogens with two attached hydrogens (primary N) is 2. The van der Waals surface area contributed by atoms with Crippen LogP contribution >= 0.6 is 11.3 Å². The normalized spacial score (nSPS) is 14.5. The van der Waals surface area contributed by atoms with Gasteiger partial charge in [-0.1, -0.05) is 147 Å². The maximum absolute atomic E-state index is 7.50. The Morgan fingerprint density at radius 1 is 0.509 bits per heavy atom. The minimum absolute atomic E-state index is 0.127. The summed E-state index contributed by atoms with van der Waals surface area (Å²) < 4.78 is 4.84. The van der Waals surface area contributed by atoms with Crippen LogP contribution in [0, 0.1) is 0 Å². The molecule has 0 fully saturated rings. The Bertz CT molecular complexity index is 3380. The van der Waals surface area contributed by atoms with Crippen molar-refractivity contribution < 1.29 is 0 Å². The predicted molar refractivity (Wildman–Crippen MR) is 235 cm³/mol. The highest BCUT2D eigenvalue weighted by Crippen LogP contribution is 2.50. The Morgan fingerprint density at radius 3 is 2.00 bits per heavy atom. The molecule has 11 rings (SSSR count). The van der Waals surface area contributed by atoms with E-state index in [2.05, 4.69) is 182 Å². The second-order valence-electron chi connectivity index (χ2n) is 15.3. The van der Waals surface area contributed by atoms with Crippen LogP contribution in [0.4, 0.5) is 0 Å². The number of fused-ring (bicyclic) bond motifs is 10. The zero-order valence-electron chi connectivity index (χ0n) is 30.6. The van der Waals surface area contributed by atoms with Crippen molar-refractivity contribution in [1.82, 2.24) is 4.57 Å². The average molecular weight is 724 g/mol. The van der Waals surface area contributed by atoms with Crippen molar-refractivity contribution in [3.63, 3.8) is 0 Å². The number of hydrogen-bond donors (Lipinski definition) is 2. The van der Waals surface area contributed by atoms with E-state index in [1.54, 1.807) is 0 Å². The highest BCUT2D eigenvalue weighted by atomic mass is 32.1. The van der Waals surface area contributed by atoms with Gasteiger partial charge < -0.3 is 11.5 Å². The largest absolute Gasteiger partial charge is 0.398 e. The Morgan fingerprint density at radius 2 is 1.15 bits per heavy atom. The fourth-order valence-electron chi connectivity index (χ4n) is 9.23. The number of aromatic nitrogens is 1. The number of nitrogens with zero attached hydrogens (tertiary/aromatic N) is 1. The third-order valence-electron chi connectivity index (χ3n) is 12.0. The summed E-state index contributed by atoms with van der Waals surface area (Å²) in [6, 6.07) is 59.1. The van der Waals surface area contributed by atoms with Gasteiger partial charge in [0.1, 0.15) is 5.82 Å². The van der Waals surface area contributed by atoms with Crippen LogP contribution in [0.1, 0.15) is 30.5 Å². The first-order valence-corrected chi connectivity index (χ1v) is 19.7. The van der Waals surface area contributed by atoms with Crippen LogP contribution in [-0.2, 0) is 5.41 Å². The molecule has 2 aromatic heterocycles. The molecule has 8 aromatic carbocycles. The van der Waals surface area contributed by atoms with Gasteiger partial charge in [-0.05, 0) is 74.5 Å². The maximum atomic E-state index is 7.50. The SMILES string of the molecule is CC1(C)c2ccccc2-c2c(/C(N)=c3\cccc\c3=C(\N)n3c4cc(-c5ccc6c(c5)sc5ccccc56)ccc4c4cc5ccccc5cc43)cccc21. The summed E-state index contributed by atoms with van der Waals surface area (Å²) in [5.74, 6) is 0.638. The lowest BCUT2D eigenvalue weighted by Gasteiger charge is -2.21. The van der Waals surface area contributed by atoms with Crippen LogP contribution in [-0.4, -0.2) is 4.57 Å². The topological polar surface area (TPSA) is 57.0 Å². The summed E-state index contributed by atoms with van der Waals surface area (Å²) in [7, 11) is 0. The standard InChI is InChI=1S/C51H37N3S/c1-51(2)42-19-9-7-17-39(42)48-40(18-11-20-43(48)51)49(52)37-15-5-6-16-38(37)50(53)54-44-28-32(33-23-25-36-35-14-8-10-21-46(35)55-47(36)29-33)22-24-34(44)41-26-30-12-3-4-13-31(30)27-45(41)54/h3-29H,52-53H2,1-2H3/b49-37-,50-38+. The highest BCUT2D eigenvalue weighted by molar-refractivity contribution is 7.25. The molecule has 0 atom stereocenters. The summed E-state index contributed by atoms with van der Waals surface area (Å²) >= 11 is 1.85. The molecule has 10 aromatic rings. The molecule has 0 saturated carbocycles. The fraction of sp³-hybridized carbons (Fsp3) is 0.0588. The van der Waals surface area contributed by atoms with Crippen LogP contribution in [0.15, 0.2) is 164 Å². The van der Waals surface area contributed by atoms with E-state index in [1.807, 2.05) is 11.3 Å². The van der Waals surface area contributed by atoms with Gasteiger partial charge in [-0.2, -0.15) is 0 Å². The van der Waals surface area contributed by atoms with Crippen molar-refractivity contribution >= 4 is 75.6 Å². The Hall–Kier alpha value is -6.62. The summed E-state index contributed by atoms with van der Waals surface area (Å²) in [6.45, 7) is 4.61. The quantitative estimate of drug-likeness (QED) is 0.191. The molecule has 0 aliphatic heterocycles. The molecule has 4 heteroatoms. The van der Waals surface area contributed by atoms with Crippen molar-refractivity contribution in [2.75, 3.05) is 0 Å². The Labute approximate surface area is 322 Å². The van der Waals surface area contributed by atoms with E-state index < -0.39 is 0 Å². The molecule has 1 aliphatic carbocycles. The van der Waals surface area contributed by atoms with Crippen molar-refractivity contribution in [2.24, 2.45) is 11.5 Å². The molecule has 2 heterocycles. The second-order valence-corrected chi connectivity index (χ2v) is 16.4. The molecule has 0 radical (unpaired) electrons. The molecule has 0 unspecified atom stereocenters. The molecule has 55 heavy (non-hydrogen) atoms. The van der Waals surface area contributed by atoms with Crippen LogP contribution in [0.2, 0.25) is 0 Å². The van der Waals surface area contributed by atoms with Gasteiger partial charge in [-0.15, -0.1) is 11.3 Å². The zero-order valence-corrected chi connectivity index (χ0v) is 31.4. The smallest absolute Gasteiger partial charge is 0.116 e. The van der Waals surface area contributed by atoms with Crippen LogP contribution < -0.4 is 21.9 Å². The van der Waals surface area contributed by atoms with Crippen molar-refractivity contribution in [3.05, 3.63) is 191 Å².